The van der Waals surface area contributed by atoms with E-state index in [1.807, 2.05) is 0 Å². The van der Waals surface area contributed by atoms with Crippen LogP contribution in [0.2, 0.25) is 0 Å². The van der Waals surface area contributed by atoms with Crippen LogP contribution in [0, 0.1) is 0 Å². The fraction of sp³-hybridized carbons (Fsp3) is 0.455. The van der Waals surface area contributed by atoms with Crippen molar-refractivity contribution in [2.75, 3.05) is 12.3 Å². The summed E-state index contributed by atoms with van der Waals surface area (Å²) >= 11 is -0.0963. The molecular weight excluding hydrogens is 267 g/mol. The van der Waals surface area contributed by atoms with Crippen molar-refractivity contribution < 1.29 is 23.4 Å². The van der Waals surface area contributed by atoms with E-state index in [4.69, 9.17) is 0 Å². The minimum atomic E-state index is -4.22. The Hall–Kier alpha value is -1.08. The number of halogens is 3. The number of rotatable bonds is 5. The minimum absolute atomic E-state index is 0.00103. The van der Waals surface area contributed by atoms with Gasteiger partial charge >= 0.3 is 5.51 Å². The van der Waals surface area contributed by atoms with Gasteiger partial charge in [-0.05, 0) is 36.9 Å². The zero-order valence-electron chi connectivity index (χ0n) is 9.66. The van der Waals surface area contributed by atoms with Gasteiger partial charge in [0, 0.05) is 23.9 Å². The largest absolute Gasteiger partial charge is 0.508 e. The molecule has 1 atom stereocenters. The van der Waals surface area contributed by atoms with E-state index in [0.29, 0.717) is 5.56 Å². The Morgan fingerprint density at radius 1 is 1.33 bits per heavy atom. The number of phenolic OH excluding ortho intramolecular Hbond substituents is 2. The lowest BCUT2D eigenvalue weighted by molar-refractivity contribution is -0.0327. The third kappa shape index (κ3) is 5.05. The SMILES string of the molecule is CC(NCCSC(F)(F)F)c1cc(O)ccc1O. The van der Waals surface area contributed by atoms with Gasteiger partial charge in [0.1, 0.15) is 11.5 Å². The fourth-order valence-corrected chi connectivity index (χ4v) is 1.89. The summed E-state index contributed by atoms with van der Waals surface area (Å²) in [7, 11) is 0. The molecular formula is C11H14F3NO2S. The Kier molecular flexibility index (Phi) is 5.15. The zero-order chi connectivity index (χ0) is 13.8. The molecule has 1 aromatic rings. The maximum absolute atomic E-state index is 11.9. The van der Waals surface area contributed by atoms with E-state index < -0.39 is 5.51 Å². The summed E-state index contributed by atoms with van der Waals surface area (Å²) in [6.07, 6.45) is 0. The Morgan fingerprint density at radius 2 is 2.00 bits per heavy atom. The number of hydrogen-bond acceptors (Lipinski definition) is 4. The van der Waals surface area contributed by atoms with Crippen molar-refractivity contribution in [3.63, 3.8) is 0 Å². The first-order chi connectivity index (χ1) is 8.29. The molecule has 0 radical (unpaired) electrons. The van der Waals surface area contributed by atoms with Crippen molar-refractivity contribution in [1.82, 2.24) is 5.32 Å². The monoisotopic (exact) mass is 281 g/mol. The maximum atomic E-state index is 11.9. The van der Waals surface area contributed by atoms with Crippen LogP contribution in [0.3, 0.4) is 0 Å². The molecule has 3 nitrogen and oxygen atoms in total. The second kappa shape index (κ2) is 6.19. The van der Waals surface area contributed by atoms with Gasteiger partial charge < -0.3 is 15.5 Å². The van der Waals surface area contributed by atoms with Crippen LogP contribution in [-0.2, 0) is 0 Å². The minimum Gasteiger partial charge on any atom is -0.508 e. The summed E-state index contributed by atoms with van der Waals surface area (Å²) in [6.45, 7) is 1.85. The second-order valence-corrected chi connectivity index (χ2v) is 4.87. The summed E-state index contributed by atoms with van der Waals surface area (Å²) in [5, 5.41) is 21.7. The smallest absolute Gasteiger partial charge is 0.441 e. The molecule has 0 saturated carbocycles. The summed E-state index contributed by atoms with van der Waals surface area (Å²) in [5.74, 6) is -0.106. The molecule has 18 heavy (non-hydrogen) atoms. The van der Waals surface area contributed by atoms with Gasteiger partial charge in [0.15, 0.2) is 0 Å². The molecule has 1 aromatic carbocycles. The fourth-order valence-electron chi connectivity index (χ4n) is 1.44. The number of phenols is 2. The average Bonchev–Trinajstić information content (AvgIpc) is 2.26. The van der Waals surface area contributed by atoms with E-state index in [1.165, 1.54) is 18.2 Å². The Morgan fingerprint density at radius 3 is 2.61 bits per heavy atom. The molecule has 1 unspecified atom stereocenters. The highest BCUT2D eigenvalue weighted by molar-refractivity contribution is 8.00. The lowest BCUT2D eigenvalue weighted by Crippen LogP contribution is -2.22. The lowest BCUT2D eigenvalue weighted by Gasteiger charge is -2.16. The topological polar surface area (TPSA) is 52.5 Å². The van der Waals surface area contributed by atoms with E-state index in [-0.39, 0.29) is 41.6 Å². The number of aromatic hydroxyl groups is 2. The molecule has 0 aliphatic carbocycles. The van der Waals surface area contributed by atoms with Crippen LogP contribution in [0.4, 0.5) is 13.2 Å². The Labute approximate surface area is 107 Å². The summed E-state index contributed by atoms with van der Waals surface area (Å²) < 4.78 is 35.6. The number of alkyl halides is 3. The molecule has 0 aromatic heterocycles. The van der Waals surface area contributed by atoms with Gasteiger partial charge in [0.05, 0.1) is 0 Å². The molecule has 0 spiro atoms. The van der Waals surface area contributed by atoms with Crippen molar-refractivity contribution in [2.24, 2.45) is 0 Å². The van der Waals surface area contributed by atoms with Gasteiger partial charge in [-0.25, -0.2) is 0 Å². The number of nitrogens with one attached hydrogen (secondary N) is 1. The van der Waals surface area contributed by atoms with Gasteiger partial charge in [-0.1, -0.05) is 0 Å². The van der Waals surface area contributed by atoms with Crippen LogP contribution in [0.5, 0.6) is 11.5 Å². The van der Waals surface area contributed by atoms with Crippen molar-refractivity contribution >= 4 is 11.8 Å². The van der Waals surface area contributed by atoms with Crippen molar-refractivity contribution in [2.45, 2.75) is 18.5 Å². The lowest BCUT2D eigenvalue weighted by atomic mass is 10.1. The molecule has 0 fully saturated rings. The molecule has 3 N–H and O–H groups in total. The summed E-state index contributed by atoms with van der Waals surface area (Å²) in [6, 6.07) is 3.72. The van der Waals surface area contributed by atoms with Crippen LogP contribution in [0.15, 0.2) is 18.2 Å². The average molecular weight is 281 g/mol. The molecule has 0 heterocycles. The first-order valence-electron chi connectivity index (χ1n) is 5.25. The summed E-state index contributed by atoms with van der Waals surface area (Å²) in [4.78, 5) is 0. The first kappa shape index (κ1) is 15.0. The highest BCUT2D eigenvalue weighted by Crippen LogP contribution is 2.30. The molecule has 0 bridgehead atoms. The van der Waals surface area contributed by atoms with E-state index >= 15 is 0 Å². The van der Waals surface area contributed by atoms with Gasteiger partial charge in [0.25, 0.3) is 0 Å². The van der Waals surface area contributed by atoms with Gasteiger partial charge in [-0.15, -0.1) is 0 Å². The molecule has 102 valence electrons. The van der Waals surface area contributed by atoms with Gasteiger partial charge in [-0.3, -0.25) is 0 Å². The summed E-state index contributed by atoms with van der Waals surface area (Å²) in [5.41, 5.74) is -3.77. The van der Waals surface area contributed by atoms with Crippen molar-refractivity contribution in [3.05, 3.63) is 23.8 Å². The maximum Gasteiger partial charge on any atom is 0.441 e. The molecule has 7 heteroatoms. The second-order valence-electron chi connectivity index (χ2n) is 3.71. The van der Waals surface area contributed by atoms with Crippen LogP contribution >= 0.6 is 11.8 Å². The molecule has 0 aliphatic rings. The highest BCUT2D eigenvalue weighted by Gasteiger charge is 2.27. The number of hydrogen-bond donors (Lipinski definition) is 3. The van der Waals surface area contributed by atoms with Crippen molar-refractivity contribution in [1.29, 1.82) is 0 Å². The van der Waals surface area contributed by atoms with E-state index in [0.717, 1.165) is 0 Å². The van der Waals surface area contributed by atoms with Gasteiger partial charge in [0.2, 0.25) is 0 Å². The Bertz CT molecular complexity index is 398. The van der Waals surface area contributed by atoms with Gasteiger partial charge in [-0.2, -0.15) is 13.2 Å². The van der Waals surface area contributed by atoms with Crippen LogP contribution in [-0.4, -0.2) is 28.0 Å². The number of benzene rings is 1. The van der Waals surface area contributed by atoms with Crippen LogP contribution < -0.4 is 5.32 Å². The predicted octanol–water partition coefficient (Wildman–Crippen LogP) is 3.00. The standard InChI is InChI=1S/C11H14F3NO2S/c1-7(15-4-5-18-11(12,13)14)9-6-8(16)2-3-10(9)17/h2-3,6-7,15-17H,4-5H2,1H3. The molecule has 0 aliphatic heterocycles. The first-order valence-corrected chi connectivity index (χ1v) is 6.24. The third-order valence-corrected chi connectivity index (χ3v) is 3.03. The van der Waals surface area contributed by atoms with Crippen LogP contribution in [0.1, 0.15) is 18.5 Å². The normalized spacial score (nSPS) is 13.6. The van der Waals surface area contributed by atoms with E-state index in [9.17, 15) is 23.4 Å². The van der Waals surface area contributed by atoms with Crippen molar-refractivity contribution in [3.8, 4) is 11.5 Å². The highest BCUT2D eigenvalue weighted by atomic mass is 32.2. The van der Waals surface area contributed by atoms with E-state index in [1.54, 1.807) is 6.92 Å². The predicted molar refractivity (Wildman–Crippen MR) is 64.7 cm³/mol. The third-order valence-electron chi connectivity index (χ3n) is 2.30. The van der Waals surface area contributed by atoms with Crippen LogP contribution in [0.25, 0.3) is 0 Å². The number of thioether (sulfide) groups is 1. The Balaban J connectivity index is 2.45. The molecule has 0 saturated heterocycles. The quantitative estimate of drug-likeness (QED) is 0.573. The van der Waals surface area contributed by atoms with E-state index in [2.05, 4.69) is 5.32 Å². The zero-order valence-corrected chi connectivity index (χ0v) is 10.5. The molecule has 1 rings (SSSR count). The molecule has 0 amide bonds.